The molecule has 1 saturated heterocycles. The van der Waals surface area contributed by atoms with Crippen molar-refractivity contribution in [3.05, 3.63) is 47.3 Å². The smallest absolute Gasteiger partial charge is 0.191 e. The van der Waals surface area contributed by atoms with Crippen molar-refractivity contribution < 1.29 is 8.42 Å². The topological polar surface area (TPSA) is 88.4 Å². The van der Waals surface area contributed by atoms with Crippen molar-refractivity contribution in [2.75, 3.05) is 25.1 Å². The summed E-state index contributed by atoms with van der Waals surface area (Å²) in [7, 11) is -1.14. The van der Waals surface area contributed by atoms with E-state index < -0.39 is 9.84 Å². The molecule has 1 aliphatic heterocycles. The molecular formula is C19H28IN5O2S. The van der Waals surface area contributed by atoms with Gasteiger partial charge in [-0.3, -0.25) is 4.99 Å². The van der Waals surface area contributed by atoms with E-state index in [9.17, 15) is 8.42 Å². The standard InChI is InChI=1S/C19H27N5O2S.HI/c1-14-10-15(2)24(23-14)18-7-5-4-6-17(18)12-22-19(20-3)21-11-16-8-9-27(25,26)13-16;/h4-7,10,16H,8-9,11-13H2,1-3H3,(H2,20,21,22);1H. The van der Waals surface area contributed by atoms with Crippen LogP contribution in [0.4, 0.5) is 0 Å². The average Bonchev–Trinajstić information content (AvgIpc) is 3.16. The third-order valence-corrected chi connectivity index (χ3v) is 6.62. The monoisotopic (exact) mass is 517 g/mol. The summed E-state index contributed by atoms with van der Waals surface area (Å²) in [6.45, 7) is 5.23. The highest BCUT2D eigenvalue weighted by Gasteiger charge is 2.27. The average molecular weight is 517 g/mol. The molecule has 1 fully saturated rings. The lowest BCUT2D eigenvalue weighted by Gasteiger charge is -2.16. The fraction of sp³-hybridized carbons (Fsp3) is 0.474. The predicted molar refractivity (Wildman–Crippen MR) is 123 cm³/mol. The van der Waals surface area contributed by atoms with Gasteiger partial charge in [0.15, 0.2) is 15.8 Å². The lowest BCUT2D eigenvalue weighted by molar-refractivity contribution is 0.567. The molecule has 0 spiro atoms. The van der Waals surface area contributed by atoms with Gasteiger partial charge in [0.05, 0.1) is 22.9 Å². The molecule has 1 atom stereocenters. The van der Waals surface area contributed by atoms with Crippen molar-refractivity contribution in [1.29, 1.82) is 0 Å². The van der Waals surface area contributed by atoms with Gasteiger partial charge in [0.2, 0.25) is 0 Å². The molecule has 7 nitrogen and oxygen atoms in total. The van der Waals surface area contributed by atoms with E-state index in [4.69, 9.17) is 0 Å². The molecular weight excluding hydrogens is 489 g/mol. The summed E-state index contributed by atoms with van der Waals surface area (Å²) in [5.41, 5.74) is 4.21. The maximum atomic E-state index is 11.6. The van der Waals surface area contributed by atoms with Crippen LogP contribution in [-0.4, -0.2) is 49.3 Å². The van der Waals surface area contributed by atoms with Crippen LogP contribution in [0.25, 0.3) is 5.69 Å². The molecule has 0 aliphatic carbocycles. The van der Waals surface area contributed by atoms with Crippen LogP contribution in [0.2, 0.25) is 0 Å². The number of aliphatic imine (C=N–C) groups is 1. The normalized spacial score (nSPS) is 18.5. The van der Waals surface area contributed by atoms with Gasteiger partial charge in [-0.25, -0.2) is 13.1 Å². The first-order valence-corrected chi connectivity index (χ1v) is 11.0. The van der Waals surface area contributed by atoms with Crippen LogP contribution in [0.3, 0.4) is 0 Å². The maximum Gasteiger partial charge on any atom is 0.191 e. The molecule has 2 N–H and O–H groups in total. The molecule has 1 aromatic heterocycles. The number of hydrogen-bond acceptors (Lipinski definition) is 4. The largest absolute Gasteiger partial charge is 0.356 e. The highest BCUT2D eigenvalue weighted by molar-refractivity contribution is 14.0. The van der Waals surface area contributed by atoms with E-state index >= 15 is 0 Å². The van der Waals surface area contributed by atoms with Crippen LogP contribution in [-0.2, 0) is 16.4 Å². The fourth-order valence-electron chi connectivity index (χ4n) is 3.41. The predicted octanol–water partition coefficient (Wildman–Crippen LogP) is 2.21. The van der Waals surface area contributed by atoms with Crippen molar-refractivity contribution in [1.82, 2.24) is 20.4 Å². The zero-order valence-corrected chi connectivity index (χ0v) is 19.6. The zero-order valence-electron chi connectivity index (χ0n) is 16.5. The van der Waals surface area contributed by atoms with E-state index in [0.717, 1.165) is 22.6 Å². The first-order chi connectivity index (χ1) is 12.9. The van der Waals surface area contributed by atoms with Crippen LogP contribution in [0.5, 0.6) is 0 Å². The quantitative estimate of drug-likeness (QED) is 0.361. The van der Waals surface area contributed by atoms with Gasteiger partial charge in [0.25, 0.3) is 0 Å². The highest BCUT2D eigenvalue weighted by Crippen LogP contribution is 2.18. The first-order valence-electron chi connectivity index (χ1n) is 9.14. The van der Waals surface area contributed by atoms with E-state index in [1.165, 1.54) is 0 Å². The second-order valence-corrected chi connectivity index (χ2v) is 9.27. The van der Waals surface area contributed by atoms with Gasteiger partial charge in [-0.05, 0) is 43.9 Å². The SMILES string of the molecule is CN=C(NCc1ccccc1-n1nc(C)cc1C)NCC1CCS(=O)(=O)C1.I. The molecule has 3 rings (SSSR count). The lowest BCUT2D eigenvalue weighted by Crippen LogP contribution is -2.39. The number of nitrogens with one attached hydrogen (secondary N) is 2. The van der Waals surface area contributed by atoms with Gasteiger partial charge < -0.3 is 10.6 Å². The molecule has 154 valence electrons. The number of benzene rings is 1. The molecule has 28 heavy (non-hydrogen) atoms. The molecule has 9 heteroatoms. The molecule has 1 unspecified atom stereocenters. The van der Waals surface area contributed by atoms with Gasteiger partial charge >= 0.3 is 0 Å². The molecule has 0 bridgehead atoms. The molecule has 0 radical (unpaired) electrons. The zero-order chi connectivity index (χ0) is 19.4. The Morgan fingerprint density at radius 2 is 2.04 bits per heavy atom. The number of aromatic nitrogens is 2. The highest BCUT2D eigenvalue weighted by atomic mass is 127. The van der Waals surface area contributed by atoms with Crippen LogP contribution >= 0.6 is 24.0 Å². The van der Waals surface area contributed by atoms with Gasteiger partial charge in [0, 0.05) is 25.8 Å². The molecule has 0 amide bonds. The summed E-state index contributed by atoms with van der Waals surface area (Å²) in [5.74, 6) is 1.37. The fourth-order valence-corrected chi connectivity index (χ4v) is 5.28. The first kappa shape index (κ1) is 22.7. The number of rotatable bonds is 5. The van der Waals surface area contributed by atoms with Crippen LogP contribution < -0.4 is 10.6 Å². The molecule has 2 heterocycles. The van der Waals surface area contributed by atoms with Crippen molar-refractivity contribution in [3.8, 4) is 5.69 Å². The third kappa shape index (κ3) is 5.69. The summed E-state index contributed by atoms with van der Waals surface area (Å²) < 4.78 is 25.1. The van der Waals surface area contributed by atoms with E-state index in [1.807, 2.05) is 30.7 Å². The minimum atomic E-state index is -2.85. The third-order valence-electron chi connectivity index (χ3n) is 4.78. The van der Waals surface area contributed by atoms with Crippen LogP contribution in [0, 0.1) is 19.8 Å². The Bertz CT molecular complexity index is 940. The van der Waals surface area contributed by atoms with Crippen molar-refractivity contribution >= 4 is 39.8 Å². The Morgan fingerprint density at radius 1 is 1.29 bits per heavy atom. The van der Waals surface area contributed by atoms with Gasteiger partial charge in [-0.2, -0.15) is 5.10 Å². The minimum absolute atomic E-state index is 0. The maximum absolute atomic E-state index is 11.6. The second-order valence-electron chi connectivity index (χ2n) is 7.04. The number of aryl methyl sites for hydroxylation is 2. The van der Waals surface area contributed by atoms with Gasteiger partial charge in [-0.15, -0.1) is 24.0 Å². The number of sulfone groups is 1. The van der Waals surface area contributed by atoms with Crippen molar-refractivity contribution in [2.24, 2.45) is 10.9 Å². The summed E-state index contributed by atoms with van der Waals surface area (Å²) >= 11 is 0. The van der Waals surface area contributed by atoms with E-state index in [-0.39, 0.29) is 35.6 Å². The van der Waals surface area contributed by atoms with Crippen molar-refractivity contribution in [3.63, 3.8) is 0 Å². The van der Waals surface area contributed by atoms with Crippen LogP contribution in [0.1, 0.15) is 23.4 Å². The Hall–Kier alpha value is -1.62. The van der Waals surface area contributed by atoms with E-state index in [1.54, 1.807) is 7.05 Å². The molecule has 1 aliphatic rings. The Morgan fingerprint density at radius 3 is 2.64 bits per heavy atom. The molecule has 0 saturated carbocycles. The summed E-state index contributed by atoms with van der Waals surface area (Å²) in [6, 6.07) is 10.2. The Balaban J connectivity index is 0.00000280. The van der Waals surface area contributed by atoms with Gasteiger partial charge in [0.1, 0.15) is 0 Å². The lowest BCUT2D eigenvalue weighted by atomic mass is 10.1. The molecule has 1 aromatic carbocycles. The summed E-state index contributed by atoms with van der Waals surface area (Å²) in [5, 5.41) is 11.1. The summed E-state index contributed by atoms with van der Waals surface area (Å²) in [4.78, 5) is 4.25. The number of para-hydroxylation sites is 1. The Kier molecular flexibility index (Phi) is 7.87. The van der Waals surface area contributed by atoms with E-state index in [2.05, 4.69) is 38.9 Å². The summed E-state index contributed by atoms with van der Waals surface area (Å²) in [6.07, 6.45) is 0.715. The number of guanidine groups is 1. The Labute approximate surface area is 184 Å². The number of nitrogens with zero attached hydrogens (tertiary/aromatic N) is 3. The number of hydrogen-bond donors (Lipinski definition) is 2. The second kappa shape index (κ2) is 9.73. The van der Waals surface area contributed by atoms with Crippen LogP contribution in [0.15, 0.2) is 35.3 Å². The van der Waals surface area contributed by atoms with Gasteiger partial charge in [-0.1, -0.05) is 18.2 Å². The number of halogens is 1. The van der Waals surface area contributed by atoms with Crippen molar-refractivity contribution in [2.45, 2.75) is 26.8 Å². The molecule has 2 aromatic rings. The minimum Gasteiger partial charge on any atom is -0.356 e. The van der Waals surface area contributed by atoms with E-state index in [0.29, 0.717) is 31.2 Å².